The molecule has 1 aromatic rings. The van der Waals surface area contributed by atoms with E-state index < -0.39 is 37.8 Å². The van der Waals surface area contributed by atoms with Crippen LogP contribution in [0, 0.1) is 5.82 Å². The van der Waals surface area contributed by atoms with Crippen LogP contribution in [0.2, 0.25) is 0 Å². The number of hydrogen-bond acceptors (Lipinski definition) is 5. The Kier molecular flexibility index (Phi) is 3.18. The molecule has 1 rings (SSSR count). The maximum Gasteiger partial charge on any atom is 0.342 e. The third-order valence-electron chi connectivity index (χ3n) is 1.83. The summed E-state index contributed by atoms with van der Waals surface area (Å²) in [7, 11) is -2.83. The summed E-state index contributed by atoms with van der Waals surface area (Å²) >= 11 is 0. The summed E-state index contributed by atoms with van der Waals surface area (Å²) in [6.07, 6.45) is 0.799. The summed E-state index contributed by atoms with van der Waals surface area (Å²) in [6, 6.07) is 1.44. The fraction of sp³-hybridized carbons (Fsp3) is 0.222. The molecular formula is C9H9FO5S. The van der Waals surface area contributed by atoms with Gasteiger partial charge in [-0.05, 0) is 6.07 Å². The summed E-state index contributed by atoms with van der Waals surface area (Å²) in [5.74, 6) is -2.84. The van der Waals surface area contributed by atoms with Gasteiger partial charge in [-0.15, -0.1) is 0 Å². The van der Waals surface area contributed by atoms with Crippen molar-refractivity contribution in [3.63, 3.8) is 0 Å². The molecule has 1 N–H and O–H groups in total. The number of aromatic hydroxyl groups is 1. The van der Waals surface area contributed by atoms with Gasteiger partial charge in [0.2, 0.25) is 0 Å². The molecule has 0 aromatic heterocycles. The second-order valence-electron chi connectivity index (χ2n) is 3.06. The number of sulfone groups is 1. The zero-order valence-electron chi connectivity index (χ0n) is 8.52. The van der Waals surface area contributed by atoms with Gasteiger partial charge >= 0.3 is 5.97 Å². The quantitative estimate of drug-likeness (QED) is 0.780. The van der Waals surface area contributed by atoms with Crippen LogP contribution < -0.4 is 0 Å². The lowest BCUT2D eigenvalue weighted by atomic mass is 10.2. The van der Waals surface area contributed by atoms with Crippen LogP contribution in [-0.4, -0.2) is 32.9 Å². The third-order valence-corrected chi connectivity index (χ3v) is 2.95. The number of halogens is 1. The van der Waals surface area contributed by atoms with Crippen LogP contribution in [0.4, 0.5) is 4.39 Å². The van der Waals surface area contributed by atoms with Crippen molar-refractivity contribution >= 4 is 15.8 Å². The Hall–Kier alpha value is -1.63. The second kappa shape index (κ2) is 4.09. The van der Waals surface area contributed by atoms with E-state index in [0.717, 1.165) is 19.4 Å². The van der Waals surface area contributed by atoms with Crippen molar-refractivity contribution in [3.8, 4) is 5.75 Å². The number of rotatable bonds is 2. The van der Waals surface area contributed by atoms with Gasteiger partial charge in [0.15, 0.2) is 9.84 Å². The Morgan fingerprint density at radius 3 is 2.44 bits per heavy atom. The van der Waals surface area contributed by atoms with Gasteiger partial charge in [0, 0.05) is 12.3 Å². The molecule has 0 aliphatic heterocycles. The van der Waals surface area contributed by atoms with Gasteiger partial charge in [-0.1, -0.05) is 0 Å². The molecule has 0 aliphatic rings. The predicted octanol–water partition coefficient (Wildman–Crippen LogP) is 0.721. The molecule has 0 amide bonds. The lowest BCUT2D eigenvalue weighted by Gasteiger charge is -2.07. The SMILES string of the molecule is COC(=O)c1c(F)cc(O)cc1S(C)(=O)=O. The van der Waals surface area contributed by atoms with Crippen LogP contribution in [0.1, 0.15) is 10.4 Å². The van der Waals surface area contributed by atoms with Crippen LogP contribution in [0.3, 0.4) is 0 Å². The summed E-state index contributed by atoms with van der Waals surface area (Å²) < 4.78 is 40.2. The maximum atomic E-state index is 13.4. The molecule has 0 spiro atoms. The second-order valence-corrected chi connectivity index (χ2v) is 5.05. The van der Waals surface area contributed by atoms with E-state index in [1.807, 2.05) is 0 Å². The summed E-state index contributed by atoms with van der Waals surface area (Å²) in [6.45, 7) is 0. The molecule has 0 heterocycles. The van der Waals surface area contributed by atoms with Crippen molar-refractivity contribution in [2.45, 2.75) is 4.90 Å². The van der Waals surface area contributed by atoms with Crippen molar-refractivity contribution in [1.82, 2.24) is 0 Å². The van der Waals surface area contributed by atoms with Gasteiger partial charge in [-0.25, -0.2) is 17.6 Å². The molecule has 88 valence electrons. The van der Waals surface area contributed by atoms with Crippen LogP contribution in [-0.2, 0) is 14.6 Å². The predicted molar refractivity (Wildman–Crippen MR) is 52.5 cm³/mol. The smallest absolute Gasteiger partial charge is 0.342 e. The minimum Gasteiger partial charge on any atom is -0.508 e. The fourth-order valence-electron chi connectivity index (χ4n) is 1.16. The van der Waals surface area contributed by atoms with Crippen molar-refractivity contribution in [2.24, 2.45) is 0 Å². The van der Waals surface area contributed by atoms with Crippen LogP contribution in [0.25, 0.3) is 0 Å². The van der Waals surface area contributed by atoms with Gasteiger partial charge in [-0.2, -0.15) is 0 Å². The van der Waals surface area contributed by atoms with E-state index in [1.165, 1.54) is 0 Å². The van der Waals surface area contributed by atoms with Gasteiger partial charge in [0.1, 0.15) is 17.1 Å². The molecule has 0 saturated heterocycles. The fourth-order valence-corrected chi connectivity index (χ4v) is 2.05. The number of phenols is 1. The molecule has 7 heteroatoms. The van der Waals surface area contributed by atoms with Crippen molar-refractivity contribution in [2.75, 3.05) is 13.4 Å². The van der Waals surface area contributed by atoms with Crippen molar-refractivity contribution in [1.29, 1.82) is 0 Å². The van der Waals surface area contributed by atoms with E-state index >= 15 is 0 Å². The molecule has 0 radical (unpaired) electrons. The highest BCUT2D eigenvalue weighted by molar-refractivity contribution is 7.90. The molecular weight excluding hydrogens is 239 g/mol. The highest BCUT2D eigenvalue weighted by Crippen LogP contribution is 2.25. The number of benzene rings is 1. The molecule has 0 bridgehead atoms. The largest absolute Gasteiger partial charge is 0.508 e. The van der Waals surface area contributed by atoms with Crippen molar-refractivity contribution in [3.05, 3.63) is 23.5 Å². The first-order valence-electron chi connectivity index (χ1n) is 4.08. The summed E-state index contributed by atoms with van der Waals surface area (Å²) in [5, 5.41) is 9.08. The minimum absolute atomic E-state index is 0.578. The Balaban J connectivity index is 3.64. The molecule has 1 aromatic carbocycles. The first-order chi connectivity index (χ1) is 7.27. The zero-order valence-corrected chi connectivity index (χ0v) is 9.34. The topological polar surface area (TPSA) is 80.7 Å². The summed E-state index contributed by atoms with van der Waals surface area (Å²) in [5.41, 5.74) is -0.706. The Labute approximate surface area is 91.4 Å². The van der Waals surface area contributed by atoms with E-state index in [-0.39, 0.29) is 0 Å². The van der Waals surface area contributed by atoms with Gasteiger partial charge < -0.3 is 9.84 Å². The lowest BCUT2D eigenvalue weighted by molar-refractivity contribution is 0.0590. The molecule has 0 fully saturated rings. The number of esters is 1. The first-order valence-corrected chi connectivity index (χ1v) is 5.97. The first kappa shape index (κ1) is 12.4. The number of carbonyl (C=O) groups excluding carboxylic acids is 1. The molecule has 5 nitrogen and oxygen atoms in total. The average molecular weight is 248 g/mol. The average Bonchev–Trinajstić information content (AvgIpc) is 2.14. The van der Waals surface area contributed by atoms with Crippen LogP contribution >= 0.6 is 0 Å². The molecule has 0 atom stereocenters. The lowest BCUT2D eigenvalue weighted by Crippen LogP contribution is -2.12. The summed E-state index contributed by atoms with van der Waals surface area (Å²) in [4.78, 5) is 10.6. The van der Waals surface area contributed by atoms with Gasteiger partial charge in [0.25, 0.3) is 0 Å². The van der Waals surface area contributed by atoms with E-state index in [0.29, 0.717) is 6.07 Å². The normalized spacial score (nSPS) is 11.2. The number of phenolic OH excluding ortho intramolecular Hbond substituents is 1. The Morgan fingerprint density at radius 2 is 2.00 bits per heavy atom. The van der Waals surface area contributed by atoms with E-state index in [9.17, 15) is 17.6 Å². The van der Waals surface area contributed by atoms with E-state index in [1.54, 1.807) is 0 Å². The highest BCUT2D eigenvalue weighted by Gasteiger charge is 2.24. The van der Waals surface area contributed by atoms with Crippen LogP contribution in [0.15, 0.2) is 17.0 Å². The van der Waals surface area contributed by atoms with Gasteiger partial charge in [-0.3, -0.25) is 0 Å². The highest BCUT2D eigenvalue weighted by atomic mass is 32.2. The number of ether oxygens (including phenoxy) is 1. The monoisotopic (exact) mass is 248 g/mol. The van der Waals surface area contributed by atoms with Gasteiger partial charge in [0.05, 0.1) is 12.0 Å². The Bertz CT molecular complexity index is 535. The zero-order chi connectivity index (χ0) is 12.5. The third kappa shape index (κ3) is 2.30. The number of carbonyl (C=O) groups is 1. The molecule has 0 unspecified atom stereocenters. The number of hydrogen-bond donors (Lipinski definition) is 1. The van der Waals surface area contributed by atoms with Crippen LogP contribution in [0.5, 0.6) is 5.75 Å². The van der Waals surface area contributed by atoms with E-state index in [2.05, 4.69) is 4.74 Å². The standard InChI is InChI=1S/C9H9FO5S/c1-15-9(12)8-6(10)3-5(11)4-7(8)16(2,13)14/h3-4,11H,1-2H3. The molecule has 16 heavy (non-hydrogen) atoms. The minimum atomic E-state index is -3.83. The Morgan fingerprint density at radius 1 is 1.44 bits per heavy atom. The van der Waals surface area contributed by atoms with Crippen molar-refractivity contribution < 1.29 is 27.4 Å². The maximum absolute atomic E-state index is 13.4. The number of methoxy groups -OCH3 is 1. The molecule has 0 saturated carbocycles. The molecule has 0 aliphatic carbocycles. The van der Waals surface area contributed by atoms with E-state index in [4.69, 9.17) is 5.11 Å².